The summed E-state index contributed by atoms with van der Waals surface area (Å²) in [4.78, 5) is 8.18. The Morgan fingerprint density at radius 3 is 2.65 bits per heavy atom. The fourth-order valence-corrected chi connectivity index (χ4v) is 1.35. The minimum absolute atomic E-state index is 0.273. The lowest BCUT2D eigenvalue weighted by Crippen LogP contribution is -2.10. The summed E-state index contributed by atoms with van der Waals surface area (Å²) in [6.07, 6.45) is 1.87. The van der Waals surface area contributed by atoms with Gasteiger partial charge in [-0.2, -0.15) is 0 Å². The van der Waals surface area contributed by atoms with E-state index >= 15 is 0 Å². The number of nitrogens with zero attached hydrogens (tertiary/aromatic N) is 2. The van der Waals surface area contributed by atoms with Gasteiger partial charge in [-0.1, -0.05) is 13.8 Å². The Balaban J connectivity index is 2.74. The number of anilines is 1. The van der Waals surface area contributed by atoms with Gasteiger partial charge in [0, 0.05) is 13.2 Å². The first kappa shape index (κ1) is 13.8. The largest absolute Gasteiger partial charge is 0.373 e. The minimum atomic E-state index is -0.377. The molecule has 0 bridgehead atoms. The number of nitrogens with one attached hydrogen (secondary N) is 1. The molecule has 0 fully saturated rings. The van der Waals surface area contributed by atoms with Crippen LogP contribution in [0.25, 0.3) is 0 Å². The zero-order valence-electron chi connectivity index (χ0n) is 10.7. The maximum absolute atomic E-state index is 13.7. The summed E-state index contributed by atoms with van der Waals surface area (Å²) in [6, 6.07) is 0. The third-order valence-electron chi connectivity index (χ3n) is 2.19. The molecule has 0 aliphatic heterocycles. The minimum Gasteiger partial charge on any atom is -0.373 e. The van der Waals surface area contributed by atoms with Crippen molar-refractivity contribution in [3.63, 3.8) is 0 Å². The van der Waals surface area contributed by atoms with Crippen LogP contribution in [-0.4, -0.2) is 23.1 Å². The van der Waals surface area contributed by atoms with E-state index in [9.17, 15) is 4.39 Å². The summed E-state index contributed by atoms with van der Waals surface area (Å²) in [6.45, 7) is 7.38. The Morgan fingerprint density at radius 2 is 2.00 bits per heavy atom. The Morgan fingerprint density at radius 1 is 1.24 bits per heavy atom. The van der Waals surface area contributed by atoms with E-state index in [1.165, 1.54) is 0 Å². The number of hydrogen-bond acceptors (Lipinski definition) is 4. The van der Waals surface area contributed by atoms with Gasteiger partial charge in [-0.25, -0.2) is 14.4 Å². The zero-order valence-corrected chi connectivity index (χ0v) is 10.7. The topological polar surface area (TPSA) is 47.0 Å². The fraction of sp³-hybridized carbons (Fsp3) is 0.667. The first-order valence-electron chi connectivity index (χ1n) is 6.03. The summed E-state index contributed by atoms with van der Waals surface area (Å²) in [5, 5.41) is 2.95. The van der Waals surface area contributed by atoms with Crippen LogP contribution in [0, 0.1) is 12.7 Å². The van der Waals surface area contributed by atoms with Crippen LogP contribution in [-0.2, 0) is 11.3 Å². The molecule has 0 aliphatic rings. The summed E-state index contributed by atoms with van der Waals surface area (Å²) in [7, 11) is 0. The predicted molar refractivity (Wildman–Crippen MR) is 65.5 cm³/mol. The summed E-state index contributed by atoms with van der Waals surface area (Å²) >= 11 is 0. The Kier molecular flexibility index (Phi) is 5.83. The van der Waals surface area contributed by atoms with E-state index in [0.717, 1.165) is 12.8 Å². The van der Waals surface area contributed by atoms with Gasteiger partial charge in [0.1, 0.15) is 6.61 Å². The van der Waals surface area contributed by atoms with Crippen molar-refractivity contribution in [2.75, 3.05) is 18.5 Å². The van der Waals surface area contributed by atoms with E-state index in [-0.39, 0.29) is 11.6 Å². The van der Waals surface area contributed by atoms with Crippen molar-refractivity contribution in [3.05, 3.63) is 17.3 Å². The number of ether oxygens (including phenoxy) is 1. The van der Waals surface area contributed by atoms with E-state index < -0.39 is 0 Å². The van der Waals surface area contributed by atoms with Crippen LogP contribution in [0.5, 0.6) is 0 Å². The molecule has 1 heterocycles. The van der Waals surface area contributed by atoms with E-state index in [0.29, 0.717) is 31.3 Å². The van der Waals surface area contributed by atoms with E-state index in [2.05, 4.69) is 15.3 Å². The zero-order chi connectivity index (χ0) is 12.7. The molecule has 1 rings (SSSR count). The number of rotatable bonds is 7. The molecule has 0 saturated heterocycles. The van der Waals surface area contributed by atoms with E-state index in [1.807, 2.05) is 13.8 Å². The summed E-state index contributed by atoms with van der Waals surface area (Å²) in [5.41, 5.74) is 0.355. The Bertz CT molecular complexity index is 358. The maximum atomic E-state index is 13.7. The van der Waals surface area contributed by atoms with Crippen molar-refractivity contribution in [2.45, 2.75) is 40.2 Å². The van der Waals surface area contributed by atoms with Crippen LogP contribution < -0.4 is 5.32 Å². The quantitative estimate of drug-likeness (QED) is 0.745. The predicted octanol–water partition coefficient (Wildman–Crippen LogP) is 2.67. The third-order valence-corrected chi connectivity index (χ3v) is 2.19. The molecule has 0 radical (unpaired) electrons. The van der Waals surface area contributed by atoms with Gasteiger partial charge < -0.3 is 10.1 Å². The first-order valence-corrected chi connectivity index (χ1v) is 6.03. The lowest BCUT2D eigenvalue weighted by Gasteiger charge is -2.09. The number of hydrogen-bond donors (Lipinski definition) is 1. The second kappa shape index (κ2) is 7.17. The smallest absolute Gasteiger partial charge is 0.186 e. The SMILES string of the molecule is CCCNc1nc(COCCC)nc(C)c1F. The highest BCUT2D eigenvalue weighted by atomic mass is 19.1. The lowest BCUT2D eigenvalue weighted by molar-refractivity contribution is 0.116. The monoisotopic (exact) mass is 241 g/mol. The van der Waals surface area contributed by atoms with Crippen LogP contribution in [0.4, 0.5) is 10.2 Å². The molecular formula is C12H20FN3O. The normalized spacial score (nSPS) is 10.6. The molecule has 0 spiro atoms. The van der Waals surface area contributed by atoms with Crippen molar-refractivity contribution in [1.82, 2.24) is 9.97 Å². The molecule has 96 valence electrons. The van der Waals surface area contributed by atoms with Crippen LogP contribution in [0.2, 0.25) is 0 Å². The van der Waals surface area contributed by atoms with Gasteiger partial charge in [-0.15, -0.1) is 0 Å². The Labute approximate surface area is 102 Å². The number of aryl methyl sites for hydroxylation is 1. The molecular weight excluding hydrogens is 221 g/mol. The second-order valence-electron chi connectivity index (χ2n) is 3.87. The van der Waals surface area contributed by atoms with Gasteiger partial charge in [-0.05, 0) is 19.8 Å². The van der Waals surface area contributed by atoms with Gasteiger partial charge >= 0.3 is 0 Å². The number of halogens is 1. The standard InChI is InChI=1S/C12H20FN3O/c1-4-6-14-12-11(13)9(3)15-10(16-12)8-17-7-5-2/h4-8H2,1-3H3,(H,14,15,16). The highest BCUT2D eigenvalue weighted by Crippen LogP contribution is 2.14. The van der Waals surface area contributed by atoms with Crippen LogP contribution in [0.15, 0.2) is 0 Å². The van der Waals surface area contributed by atoms with Gasteiger partial charge in [0.05, 0.1) is 5.69 Å². The third kappa shape index (κ3) is 4.26. The maximum Gasteiger partial charge on any atom is 0.186 e. The highest BCUT2D eigenvalue weighted by molar-refractivity contribution is 5.37. The van der Waals surface area contributed by atoms with Gasteiger partial charge in [0.2, 0.25) is 0 Å². The molecule has 1 aromatic rings. The van der Waals surface area contributed by atoms with Crippen molar-refractivity contribution in [2.24, 2.45) is 0 Å². The summed E-state index contributed by atoms with van der Waals surface area (Å²) in [5.74, 6) is 0.420. The van der Waals surface area contributed by atoms with Crippen molar-refractivity contribution >= 4 is 5.82 Å². The average molecular weight is 241 g/mol. The average Bonchev–Trinajstić information content (AvgIpc) is 2.32. The summed E-state index contributed by atoms with van der Waals surface area (Å²) < 4.78 is 19.0. The van der Waals surface area contributed by atoms with Crippen LogP contribution >= 0.6 is 0 Å². The molecule has 0 unspecified atom stereocenters. The molecule has 0 aliphatic carbocycles. The van der Waals surface area contributed by atoms with Crippen molar-refractivity contribution in [1.29, 1.82) is 0 Å². The molecule has 0 saturated carbocycles. The van der Waals surface area contributed by atoms with Crippen molar-refractivity contribution in [3.8, 4) is 0 Å². The molecule has 0 aromatic carbocycles. The van der Waals surface area contributed by atoms with Gasteiger partial charge in [0.25, 0.3) is 0 Å². The van der Waals surface area contributed by atoms with Gasteiger partial charge in [-0.3, -0.25) is 0 Å². The molecule has 0 atom stereocenters. The van der Waals surface area contributed by atoms with Crippen molar-refractivity contribution < 1.29 is 9.13 Å². The molecule has 5 heteroatoms. The van der Waals surface area contributed by atoms with E-state index in [4.69, 9.17) is 4.74 Å². The fourth-order valence-electron chi connectivity index (χ4n) is 1.35. The molecule has 17 heavy (non-hydrogen) atoms. The highest BCUT2D eigenvalue weighted by Gasteiger charge is 2.10. The molecule has 0 amide bonds. The first-order chi connectivity index (χ1) is 8.19. The molecule has 4 nitrogen and oxygen atoms in total. The lowest BCUT2D eigenvalue weighted by atomic mass is 10.3. The number of aromatic nitrogens is 2. The second-order valence-corrected chi connectivity index (χ2v) is 3.87. The molecule has 1 aromatic heterocycles. The van der Waals surface area contributed by atoms with E-state index in [1.54, 1.807) is 6.92 Å². The molecule has 1 N–H and O–H groups in total. The Hall–Kier alpha value is -1.23. The van der Waals surface area contributed by atoms with Gasteiger partial charge in [0.15, 0.2) is 17.5 Å². The van der Waals surface area contributed by atoms with Crippen LogP contribution in [0.3, 0.4) is 0 Å². The van der Waals surface area contributed by atoms with Crippen LogP contribution in [0.1, 0.15) is 38.2 Å².